The first-order chi connectivity index (χ1) is 11.9. The highest BCUT2D eigenvalue weighted by molar-refractivity contribution is 5.79. The molecule has 1 aromatic rings. The number of hydrogen-bond acceptors (Lipinski definition) is 8. The van der Waals surface area contributed by atoms with Crippen LogP contribution in [0.2, 0.25) is 0 Å². The van der Waals surface area contributed by atoms with Gasteiger partial charge in [-0.2, -0.15) is 4.98 Å². The maximum atomic E-state index is 12.0. The van der Waals surface area contributed by atoms with Gasteiger partial charge in [0.1, 0.15) is 18.3 Å². The highest BCUT2D eigenvalue weighted by atomic mass is 16.4. The number of fused-ring (bicyclic) bond motifs is 2. The van der Waals surface area contributed by atoms with Crippen LogP contribution in [0, 0.1) is 0 Å². The van der Waals surface area contributed by atoms with Crippen molar-refractivity contribution in [3.8, 4) is 11.5 Å². The first-order valence-electron chi connectivity index (χ1n) is 7.47. The molecule has 5 N–H and O–H groups in total. The zero-order valence-corrected chi connectivity index (χ0v) is 12.9. The van der Waals surface area contributed by atoms with E-state index in [1.807, 2.05) is 4.98 Å². The van der Waals surface area contributed by atoms with Crippen molar-refractivity contribution in [3.63, 3.8) is 0 Å². The van der Waals surface area contributed by atoms with Gasteiger partial charge in [0.05, 0.1) is 24.2 Å². The van der Waals surface area contributed by atoms with Crippen LogP contribution in [0.3, 0.4) is 0 Å². The molecule has 0 unspecified atom stereocenters. The molecule has 10 nitrogen and oxygen atoms in total. The lowest BCUT2D eigenvalue weighted by Crippen LogP contribution is -2.42. The molecule has 0 amide bonds. The molecule has 0 radical (unpaired) electrons. The van der Waals surface area contributed by atoms with E-state index in [1.54, 1.807) is 24.3 Å². The third kappa shape index (κ3) is 3.15. The van der Waals surface area contributed by atoms with E-state index in [4.69, 9.17) is 5.11 Å². The van der Waals surface area contributed by atoms with Crippen molar-refractivity contribution in [2.24, 2.45) is 0 Å². The summed E-state index contributed by atoms with van der Waals surface area (Å²) in [5.74, 6) is -0.0582. The van der Waals surface area contributed by atoms with Crippen LogP contribution in [0.4, 0.5) is 0 Å². The first kappa shape index (κ1) is 17.2. The van der Waals surface area contributed by atoms with Crippen LogP contribution in [0.25, 0.3) is 22.6 Å². The molecule has 132 valence electrons. The third-order valence-corrected chi connectivity index (χ3v) is 3.86. The fraction of sp³-hybridized carbons (Fsp3) is 0.333. The number of H-pyrrole nitrogens is 1. The van der Waals surface area contributed by atoms with Crippen LogP contribution in [0.1, 0.15) is 0 Å². The minimum absolute atomic E-state index is 0.0582. The Morgan fingerprint density at radius 2 is 1.80 bits per heavy atom. The Kier molecular flexibility index (Phi) is 4.59. The number of aliphatic hydroxyl groups excluding tert-OH is 4. The van der Waals surface area contributed by atoms with E-state index in [9.17, 15) is 24.9 Å². The van der Waals surface area contributed by atoms with Crippen LogP contribution >= 0.6 is 0 Å². The third-order valence-electron chi connectivity index (χ3n) is 3.86. The molecule has 0 bridgehead atoms. The van der Waals surface area contributed by atoms with Crippen molar-refractivity contribution in [2.45, 2.75) is 24.9 Å². The van der Waals surface area contributed by atoms with E-state index in [0.717, 1.165) is 0 Å². The smallest absolute Gasteiger partial charge is 0.349 e. The lowest BCUT2D eigenvalue weighted by atomic mass is 10.1. The van der Waals surface area contributed by atoms with Crippen LogP contribution in [-0.4, -0.2) is 64.9 Å². The van der Waals surface area contributed by atoms with E-state index in [2.05, 4.69) is 9.97 Å². The molecule has 25 heavy (non-hydrogen) atoms. The second-order valence-electron chi connectivity index (χ2n) is 5.56. The van der Waals surface area contributed by atoms with Gasteiger partial charge in [0.25, 0.3) is 5.56 Å². The predicted molar refractivity (Wildman–Crippen MR) is 86.1 cm³/mol. The molecule has 0 aromatic heterocycles. The molecule has 0 fully saturated rings. The average Bonchev–Trinajstić information content (AvgIpc) is 2.60. The van der Waals surface area contributed by atoms with E-state index in [0.29, 0.717) is 11.0 Å². The number of aromatic nitrogens is 4. The normalized spacial score (nSPS) is 15.4. The van der Waals surface area contributed by atoms with Crippen LogP contribution in [-0.2, 0) is 6.54 Å². The number of para-hydroxylation sites is 2. The van der Waals surface area contributed by atoms with Crippen LogP contribution < -0.4 is 11.2 Å². The van der Waals surface area contributed by atoms with Crippen LogP contribution in [0.5, 0.6) is 0 Å². The topological polar surface area (TPSA) is 162 Å². The minimum atomic E-state index is -1.63. The molecule has 0 spiro atoms. The lowest BCUT2D eigenvalue weighted by molar-refractivity contribution is -0.0802. The van der Waals surface area contributed by atoms with E-state index >= 15 is 0 Å². The molecule has 0 aliphatic carbocycles. The molecule has 2 aliphatic heterocycles. The number of aliphatic hydroxyl groups is 4. The maximum absolute atomic E-state index is 12.0. The van der Waals surface area contributed by atoms with Gasteiger partial charge >= 0.3 is 5.69 Å². The van der Waals surface area contributed by atoms with Gasteiger partial charge in [0.15, 0.2) is 11.5 Å². The van der Waals surface area contributed by atoms with Gasteiger partial charge in [0.2, 0.25) is 0 Å². The second kappa shape index (κ2) is 6.69. The molecule has 3 rings (SSSR count). The zero-order valence-electron chi connectivity index (χ0n) is 12.9. The van der Waals surface area contributed by atoms with Gasteiger partial charge < -0.3 is 25.0 Å². The van der Waals surface area contributed by atoms with Crippen molar-refractivity contribution >= 4 is 11.0 Å². The van der Waals surface area contributed by atoms with Gasteiger partial charge in [-0.25, -0.2) is 9.78 Å². The Morgan fingerprint density at radius 3 is 2.52 bits per heavy atom. The Bertz CT molecular complexity index is 984. The summed E-state index contributed by atoms with van der Waals surface area (Å²) >= 11 is 0. The van der Waals surface area contributed by atoms with Crippen molar-refractivity contribution in [1.82, 2.24) is 19.5 Å². The zero-order chi connectivity index (χ0) is 18.1. The average molecular weight is 348 g/mol. The lowest BCUT2D eigenvalue weighted by Gasteiger charge is -2.24. The Balaban J connectivity index is 2.20. The monoisotopic (exact) mass is 348 g/mol. The maximum Gasteiger partial charge on any atom is 0.349 e. The fourth-order valence-corrected chi connectivity index (χ4v) is 2.59. The molecular formula is C15H16N4O6. The Morgan fingerprint density at radius 1 is 1.08 bits per heavy atom. The summed E-state index contributed by atoms with van der Waals surface area (Å²) in [5, 5.41) is 38.4. The van der Waals surface area contributed by atoms with Crippen LogP contribution in [0.15, 0.2) is 33.9 Å². The fourth-order valence-electron chi connectivity index (χ4n) is 2.59. The summed E-state index contributed by atoms with van der Waals surface area (Å²) in [6.45, 7) is -1.02. The summed E-state index contributed by atoms with van der Waals surface area (Å²) in [4.78, 5) is 33.5. The minimum Gasteiger partial charge on any atom is -0.394 e. The highest BCUT2D eigenvalue weighted by Crippen LogP contribution is 2.21. The van der Waals surface area contributed by atoms with Gasteiger partial charge in [0, 0.05) is 0 Å². The van der Waals surface area contributed by atoms with Crippen molar-refractivity contribution in [3.05, 3.63) is 45.1 Å². The summed E-state index contributed by atoms with van der Waals surface area (Å²) in [7, 11) is 0. The number of nitrogens with one attached hydrogen (secondary N) is 1. The quantitative estimate of drug-likeness (QED) is 0.320. The Hall–Kier alpha value is -2.66. The molecular weight excluding hydrogens is 332 g/mol. The number of rotatable bonds is 5. The molecule has 0 saturated carbocycles. The van der Waals surface area contributed by atoms with Gasteiger partial charge in [-0.15, -0.1) is 0 Å². The molecule has 2 aliphatic rings. The van der Waals surface area contributed by atoms with E-state index in [1.165, 1.54) is 4.57 Å². The molecule has 1 aromatic carbocycles. The largest absolute Gasteiger partial charge is 0.394 e. The van der Waals surface area contributed by atoms with Gasteiger partial charge in [-0.3, -0.25) is 9.78 Å². The van der Waals surface area contributed by atoms with Gasteiger partial charge in [-0.05, 0) is 12.1 Å². The number of nitrogens with zero attached hydrogens (tertiary/aromatic N) is 3. The summed E-state index contributed by atoms with van der Waals surface area (Å²) < 4.78 is 1.37. The van der Waals surface area contributed by atoms with Crippen molar-refractivity contribution in [2.75, 3.05) is 6.61 Å². The first-order valence-corrected chi connectivity index (χ1v) is 7.47. The SMILES string of the molecule is O=c1nc2n(C[C@H](O)[C@H](O)[C@H](O)CO)c3ccccc3nc-2c(=O)[nH]1. The number of hydrogen-bond donors (Lipinski definition) is 5. The number of benzene rings is 1. The standard InChI is InChI=1S/C15H16N4O6/c20-6-10(22)12(23)9(21)5-19-8-4-2-1-3-7(8)16-11-13(19)17-15(25)18-14(11)24/h1-4,9-10,12,20-23H,5-6H2,(H,18,24,25)/t9-,10+,12-/m0/s1. The van der Waals surface area contributed by atoms with Crippen molar-refractivity contribution < 1.29 is 20.4 Å². The summed E-state index contributed by atoms with van der Waals surface area (Å²) in [6, 6.07) is 6.69. The predicted octanol–water partition coefficient (Wildman–Crippen LogP) is -2.34. The summed E-state index contributed by atoms with van der Waals surface area (Å²) in [5.41, 5.74) is -0.793. The van der Waals surface area contributed by atoms with E-state index < -0.39 is 36.2 Å². The van der Waals surface area contributed by atoms with Crippen molar-refractivity contribution in [1.29, 1.82) is 0 Å². The number of aromatic amines is 1. The Labute approximate surface area is 140 Å². The second-order valence-corrected chi connectivity index (χ2v) is 5.56. The molecule has 10 heteroatoms. The summed E-state index contributed by atoms with van der Waals surface area (Å²) in [6.07, 6.45) is -4.66. The molecule has 3 atom stereocenters. The van der Waals surface area contributed by atoms with E-state index in [-0.39, 0.29) is 18.1 Å². The molecule has 0 saturated heterocycles. The molecule has 2 heterocycles. The highest BCUT2D eigenvalue weighted by Gasteiger charge is 2.27. The van der Waals surface area contributed by atoms with Gasteiger partial charge in [-0.1, -0.05) is 12.1 Å².